The lowest BCUT2D eigenvalue weighted by atomic mass is 9.83. The minimum Gasteiger partial charge on any atom is -0.298 e. The summed E-state index contributed by atoms with van der Waals surface area (Å²) in [5.74, 6) is -2.67. The third kappa shape index (κ3) is 0.858. The van der Waals surface area contributed by atoms with Crippen LogP contribution in [0.1, 0.15) is 21.5 Å². The minimum atomic E-state index is -2.67. The van der Waals surface area contributed by atoms with E-state index in [-0.39, 0.29) is 12.0 Å². The van der Waals surface area contributed by atoms with Gasteiger partial charge in [0.2, 0.25) is 0 Å². The first kappa shape index (κ1) is 7.40. The molecule has 0 spiro atoms. The van der Waals surface area contributed by atoms with E-state index < -0.39 is 5.92 Å². The Morgan fingerprint density at radius 3 is 2.67 bits per heavy atom. The Labute approximate surface area is 68.0 Å². The molecule has 1 nitrogen and oxygen atoms in total. The van der Waals surface area contributed by atoms with Crippen molar-refractivity contribution in [1.29, 1.82) is 0 Å². The fraction of sp³-hybridized carbons (Fsp3) is 0.222. The maximum atomic E-state index is 12.7. The Bertz CT molecular complexity index is 344. The van der Waals surface area contributed by atoms with Gasteiger partial charge >= 0.3 is 0 Å². The van der Waals surface area contributed by atoms with Gasteiger partial charge < -0.3 is 0 Å². The summed E-state index contributed by atoms with van der Waals surface area (Å²) in [7, 11) is 0. The molecule has 12 heavy (non-hydrogen) atoms. The number of rotatable bonds is 1. The summed E-state index contributed by atoms with van der Waals surface area (Å²) in [6, 6.07) is 4.25. The SMILES string of the molecule is O=Cc1ccc2c(c1)CC2(F)F. The zero-order chi connectivity index (χ0) is 8.77. The van der Waals surface area contributed by atoms with Crippen molar-refractivity contribution < 1.29 is 13.6 Å². The van der Waals surface area contributed by atoms with Gasteiger partial charge in [-0.1, -0.05) is 12.1 Å². The quantitative estimate of drug-likeness (QED) is 0.587. The van der Waals surface area contributed by atoms with Crippen molar-refractivity contribution in [3.63, 3.8) is 0 Å². The van der Waals surface area contributed by atoms with E-state index in [1.807, 2.05) is 0 Å². The van der Waals surface area contributed by atoms with Gasteiger partial charge in [0.25, 0.3) is 5.92 Å². The number of alkyl halides is 2. The van der Waals surface area contributed by atoms with Crippen LogP contribution >= 0.6 is 0 Å². The fourth-order valence-electron chi connectivity index (χ4n) is 1.42. The molecule has 0 aliphatic heterocycles. The average Bonchev–Trinajstić information content (AvgIpc) is 2.02. The highest BCUT2D eigenvalue weighted by Crippen LogP contribution is 2.43. The Kier molecular flexibility index (Phi) is 1.31. The topological polar surface area (TPSA) is 17.1 Å². The molecule has 0 heterocycles. The molecule has 1 aromatic rings. The lowest BCUT2D eigenvalue weighted by molar-refractivity contribution is -0.0288. The molecule has 0 bridgehead atoms. The highest BCUT2D eigenvalue weighted by atomic mass is 19.3. The highest BCUT2D eigenvalue weighted by Gasteiger charge is 2.43. The second-order valence-corrected chi connectivity index (χ2v) is 2.92. The van der Waals surface area contributed by atoms with Gasteiger partial charge in [-0.15, -0.1) is 0 Å². The van der Waals surface area contributed by atoms with E-state index in [0.29, 0.717) is 17.4 Å². The van der Waals surface area contributed by atoms with Crippen LogP contribution in [0.5, 0.6) is 0 Å². The molecule has 0 saturated heterocycles. The molecule has 0 saturated carbocycles. The Hall–Kier alpha value is -1.25. The third-order valence-electron chi connectivity index (χ3n) is 2.07. The van der Waals surface area contributed by atoms with E-state index in [0.717, 1.165) is 0 Å². The predicted molar refractivity (Wildman–Crippen MR) is 39.4 cm³/mol. The van der Waals surface area contributed by atoms with Crippen molar-refractivity contribution >= 4 is 6.29 Å². The summed E-state index contributed by atoms with van der Waals surface area (Å²) in [6.45, 7) is 0. The molecule has 0 atom stereocenters. The van der Waals surface area contributed by atoms with Gasteiger partial charge in [0, 0.05) is 17.5 Å². The van der Waals surface area contributed by atoms with Crippen LogP contribution in [0.15, 0.2) is 18.2 Å². The van der Waals surface area contributed by atoms with Crippen LogP contribution in [-0.2, 0) is 12.3 Å². The van der Waals surface area contributed by atoms with Crippen LogP contribution in [-0.4, -0.2) is 6.29 Å². The zero-order valence-electron chi connectivity index (χ0n) is 6.18. The molecular formula is C9H6F2O. The van der Waals surface area contributed by atoms with Gasteiger partial charge in [-0.3, -0.25) is 4.79 Å². The third-order valence-corrected chi connectivity index (χ3v) is 2.07. The van der Waals surface area contributed by atoms with Gasteiger partial charge in [0.1, 0.15) is 6.29 Å². The van der Waals surface area contributed by atoms with E-state index in [1.54, 1.807) is 0 Å². The molecule has 0 amide bonds. The summed E-state index contributed by atoms with van der Waals surface area (Å²) in [4.78, 5) is 10.3. The molecule has 1 aliphatic carbocycles. The van der Waals surface area contributed by atoms with Crippen molar-refractivity contribution in [2.45, 2.75) is 12.3 Å². The van der Waals surface area contributed by atoms with Gasteiger partial charge in [-0.05, 0) is 11.6 Å². The molecule has 0 unspecified atom stereocenters. The summed E-state index contributed by atoms with van der Waals surface area (Å²) in [5.41, 5.74) is 1.11. The van der Waals surface area contributed by atoms with Crippen molar-refractivity contribution in [3.05, 3.63) is 34.9 Å². The van der Waals surface area contributed by atoms with Gasteiger partial charge in [0.15, 0.2) is 0 Å². The second kappa shape index (κ2) is 2.12. The van der Waals surface area contributed by atoms with Gasteiger partial charge in [0.05, 0.1) is 0 Å². The first-order valence-electron chi connectivity index (χ1n) is 3.60. The lowest BCUT2D eigenvalue weighted by Crippen LogP contribution is -2.29. The smallest absolute Gasteiger partial charge is 0.277 e. The number of carbonyl (C=O) groups excluding carboxylic acids is 1. The molecule has 1 aromatic carbocycles. The van der Waals surface area contributed by atoms with E-state index in [4.69, 9.17) is 0 Å². The molecule has 0 fully saturated rings. The minimum absolute atomic E-state index is 0.0631. The largest absolute Gasteiger partial charge is 0.298 e. The van der Waals surface area contributed by atoms with E-state index >= 15 is 0 Å². The van der Waals surface area contributed by atoms with Gasteiger partial charge in [-0.2, -0.15) is 0 Å². The molecule has 0 N–H and O–H groups in total. The van der Waals surface area contributed by atoms with Crippen LogP contribution in [0.3, 0.4) is 0 Å². The van der Waals surface area contributed by atoms with Crippen LogP contribution in [0.25, 0.3) is 0 Å². The fourth-order valence-corrected chi connectivity index (χ4v) is 1.42. The number of hydrogen-bond acceptors (Lipinski definition) is 1. The Balaban J connectivity index is 2.47. The summed E-state index contributed by atoms with van der Waals surface area (Å²) >= 11 is 0. The molecule has 62 valence electrons. The standard InChI is InChI=1S/C9H6F2O/c10-9(11)4-7-3-6(5-12)1-2-8(7)9/h1-3,5H,4H2. The molecule has 0 aromatic heterocycles. The highest BCUT2D eigenvalue weighted by molar-refractivity contribution is 5.75. The lowest BCUT2D eigenvalue weighted by Gasteiger charge is -2.29. The van der Waals surface area contributed by atoms with Crippen LogP contribution in [0.4, 0.5) is 8.78 Å². The van der Waals surface area contributed by atoms with E-state index in [1.165, 1.54) is 18.2 Å². The Morgan fingerprint density at radius 1 is 1.42 bits per heavy atom. The average molecular weight is 168 g/mol. The van der Waals surface area contributed by atoms with Crippen LogP contribution < -0.4 is 0 Å². The number of aldehydes is 1. The van der Waals surface area contributed by atoms with Crippen molar-refractivity contribution in [2.75, 3.05) is 0 Å². The maximum Gasteiger partial charge on any atom is 0.277 e. The first-order valence-corrected chi connectivity index (χ1v) is 3.60. The van der Waals surface area contributed by atoms with Crippen LogP contribution in [0.2, 0.25) is 0 Å². The number of fused-ring (bicyclic) bond motifs is 1. The second-order valence-electron chi connectivity index (χ2n) is 2.92. The van der Waals surface area contributed by atoms with Crippen molar-refractivity contribution in [1.82, 2.24) is 0 Å². The normalized spacial score (nSPS) is 17.8. The van der Waals surface area contributed by atoms with Crippen molar-refractivity contribution in [3.8, 4) is 0 Å². The summed E-state index contributed by atoms with van der Waals surface area (Å²) < 4.78 is 25.4. The predicted octanol–water partition coefficient (Wildman–Crippen LogP) is 2.15. The van der Waals surface area contributed by atoms with Crippen LogP contribution in [0, 0.1) is 0 Å². The molecule has 3 heteroatoms. The number of halogens is 2. The summed E-state index contributed by atoms with van der Waals surface area (Å²) in [6.07, 6.45) is 0.431. The summed E-state index contributed by atoms with van der Waals surface area (Å²) in [5, 5.41) is 0. The number of carbonyl (C=O) groups is 1. The Morgan fingerprint density at radius 2 is 2.17 bits per heavy atom. The number of benzene rings is 1. The van der Waals surface area contributed by atoms with Crippen molar-refractivity contribution in [2.24, 2.45) is 0 Å². The molecule has 1 aliphatic rings. The number of hydrogen-bond donors (Lipinski definition) is 0. The molecule has 2 rings (SSSR count). The van der Waals surface area contributed by atoms with E-state index in [9.17, 15) is 13.6 Å². The molecule has 0 radical (unpaired) electrons. The first-order chi connectivity index (χ1) is 5.63. The van der Waals surface area contributed by atoms with Gasteiger partial charge in [-0.25, -0.2) is 8.78 Å². The maximum absolute atomic E-state index is 12.7. The van der Waals surface area contributed by atoms with E-state index in [2.05, 4.69) is 0 Å². The monoisotopic (exact) mass is 168 g/mol. The molecular weight excluding hydrogens is 162 g/mol. The zero-order valence-corrected chi connectivity index (χ0v) is 6.18.